The van der Waals surface area contributed by atoms with Crippen LogP contribution in [0.5, 0.6) is 5.75 Å². The lowest BCUT2D eigenvalue weighted by molar-refractivity contribution is -0.138. The Bertz CT molecular complexity index is 1020. The fourth-order valence-electron chi connectivity index (χ4n) is 3.03. The highest BCUT2D eigenvalue weighted by Gasteiger charge is 2.35. The number of nitrogens with zero attached hydrogens (tertiary/aromatic N) is 4. The van der Waals surface area contributed by atoms with E-state index in [2.05, 4.69) is 10.4 Å². The summed E-state index contributed by atoms with van der Waals surface area (Å²) >= 11 is 6.50. The molecule has 0 aliphatic heterocycles. The van der Waals surface area contributed by atoms with Crippen LogP contribution in [-0.4, -0.2) is 31.8 Å². The molecule has 0 N–H and O–H groups in total. The molecule has 0 saturated carbocycles. The molecule has 0 fully saturated rings. The number of hydrogen-bond donors (Lipinski definition) is 0. The number of halogens is 4. The molecule has 156 valence electrons. The van der Waals surface area contributed by atoms with Crippen molar-refractivity contribution in [3.8, 4) is 5.75 Å². The minimum Gasteiger partial charge on any atom is -0.488 e. The molecule has 0 saturated heterocycles. The Labute approximate surface area is 170 Å². The zero-order valence-electron chi connectivity index (χ0n) is 16.1. The van der Waals surface area contributed by atoms with Gasteiger partial charge in [0, 0.05) is 12.6 Å². The van der Waals surface area contributed by atoms with Crippen molar-refractivity contribution in [3.63, 3.8) is 0 Å². The van der Waals surface area contributed by atoms with Crippen LogP contribution in [0.15, 0.2) is 40.7 Å². The second-order valence-electron chi connectivity index (χ2n) is 6.80. The molecular formula is C19H20ClF3N4O2. The van der Waals surface area contributed by atoms with Crippen LogP contribution in [0.1, 0.15) is 25.0 Å². The summed E-state index contributed by atoms with van der Waals surface area (Å²) in [6.07, 6.45) is -0.627. The quantitative estimate of drug-likeness (QED) is 0.682. The summed E-state index contributed by atoms with van der Waals surface area (Å²) in [5.41, 5.74) is 0.0158. The van der Waals surface area contributed by atoms with Gasteiger partial charge in [0.05, 0.1) is 16.6 Å². The highest BCUT2D eigenvalue weighted by atomic mass is 35.5. The minimum atomic E-state index is -4.56. The lowest BCUT2D eigenvalue weighted by atomic mass is 9.93. The highest BCUT2D eigenvalue weighted by molar-refractivity contribution is 6.23. The van der Waals surface area contributed by atoms with Gasteiger partial charge in [0.15, 0.2) is 0 Å². The fourth-order valence-corrected chi connectivity index (χ4v) is 3.29. The first-order valence-electron chi connectivity index (χ1n) is 9.01. The van der Waals surface area contributed by atoms with Crippen LogP contribution in [0.2, 0.25) is 0 Å². The minimum absolute atomic E-state index is 0.101. The number of rotatable bonds is 5. The first kappa shape index (κ1) is 21.2. The number of alkyl halides is 4. The van der Waals surface area contributed by atoms with Crippen molar-refractivity contribution in [1.82, 2.24) is 19.8 Å². The van der Waals surface area contributed by atoms with Gasteiger partial charge < -0.3 is 4.74 Å². The topological polar surface area (TPSA) is 61.9 Å². The Balaban J connectivity index is 2.00. The van der Waals surface area contributed by atoms with Gasteiger partial charge in [-0.05, 0) is 46.5 Å². The van der Waals surface area contributed by atoms with Crippen LogP contribution < -0.4 is 10.4 Å². The SMILES string of the molecule is CCc1ccc(OCC2=C(n3nnn(C)c3=O)C=CC(C)C2Cl)c(C(F)(F)F)c1. The van der Waals surface area contributed by atoms with Gasteiger partial charge in [-0.2, -0.15) is 22.5 Å². The Morgan fingerprint density at radius 3 is 2.59 bits per heavy atom. The molecule has 1 aliphatic carbocycles. The van der Waals surface area contributed by atoms with E-state index in [4.69, 9.17) is 16.3 Å². The van der Waals surface area contributed by atoms with Gasteiger partial charge >= 0.3 is 11.9 Å². The van der Waals surface area contributed by atoms with E-state index >= 15 is 0 Å². The maximum atomic E-state index is 13.5. The average molecular weight is 429 g/mol. The van der Waals surface area contributed by atoms with Gasteiger partial charge in [-0.25, -0.2) is 4.79 Å². The molecule has 1 heterocycles. The standard InChI is InChI=1S/C19H20ClF3N4O2/c1-4-12-6-8-16(14(9-12)19(21,22)23)29-10-13-15(7-5-11(2)17(13)20)27-18(28)26(3)24-25-27/h5-9,11,17H,4,10H2,1-3H3. The highest BCUT2D eigenvalue weighted by Crippen LogP contribution is 2.38. The maximum absolute atomic E-state index is 13.5. The van der Waals surface area contributed by atoms with Gasteiger partial charge in [0.1, 0.15) is 12.4 Å². The first-order valence-corrected chi connectivity index (χ1v) is 9.44. The number of ether oxygens (including phenoxy) is 1. The van der Waals surface area contributed by atoms with E-state index < -0.39 is 22.8 Å². The van der Waals surface area contributed by atoms with Crippen molar-refractivity contribution in [3.05, 3.63) is 57.5 Å². The maximum Gasteiger partial charge on any atom is 0.419 e. The Hall–Kier alpha value is -2.55. The van der Waals surface area contributed by atoms with E-state index in [1.54, 1.807) is 25.1 Å². The Morgan fingerprint density at radius 1 is 1.28 bits per heavy atom. The largest absolute Gasteiger partial charge is 0.488 e. The van der Waals surface area contributed by atoms with Crippen LogP contribution in [0, 0.1) is 5.92 Å². The summed E-state index contributed by atoms with van der Waals surface area (Å²) in [6.45, 7) is 3.41. The molecular weight excluding hydrogens is 409 g/mol. The molecule has 3 rings (SSSR count). The second kappa shape index (κ2) is 8.06. The van der Waals surface area contributed by atoms with Crippen molar-refractivity contribution >= 4 is 17.3 Å². The Kier molecular flexibility index (Phi) is 5.88. The number of benzene rings is 1. The van der Waals surface area contributed by atoms with Gasteiger partial charge in [-0.1, -0.05) is 26.0 Å². The summed E-state index contributed by atoms with van der Waals surface area (Å²) in [4.78, 5) is 12.2. The van der Waals surface area contributed by atoms with Gasteiger partial charge in [-0.3, -0.25) is 0 Å². The zero-order valence-corrected chi connectivity index (χ0v) is 16.8. The van der Waals surface area contributed by atoms with E-state index in [1.807, 2.05) is 6.92 Å². The molecule has 29 heavy (non-hydrogen) atoms. The molecule has 10 heteroatoms. The summed E-state index contributed by atoms with van der Waals surface area (Å²) in [6, 6.07) is 3.98. The third-order valence-electron chi connectivity index (χ3n) is 4.77. The third-order valence-corrected chi connectivity index (χ3v) is 5.43. The number of aromatic nitrogens is 4. The first-order chi connectivity index (χ1) is 13.6. The molecule has 1 aromatic carbocycles. The molecule has 0 bridgehead atoms. The van der Waals surface area contributed by atoms with Crippen molar-refractivity contribution < 1.29 is 17.9 Å². The van der Waals surface area contributed by atoms with Crippen LogP contribution in [-0.2, 0) is 19.6 Å². The fraction of sp³-hybridized carbons (Fsp3) is 0.421. The molecule has 0 amide bonds. The number of aryl methyl sites for hydroxylation is 2. The van der Waals surface area contributed by atoms with Gasteiger partial charge in [0.2, 0.25) is 0 Å². The van der Waals surface area contributed by atoms with Crippen LogP contribution >= 0.6 is 11.6 Å². The lowest BCUT2D eigenvalue weighted by Crippen LogP contribution is -2.29. The molecule has 2 aromatic rings. The van der Waals surface area contributed by atoms with Crippen molar-refractivity contribution in [2.45, 2.75) is 31.8 Å². The molecule has 0 spiro atoms. The molecule has 0 radical (unpaired) electrons. The van der Waals surface area contributed by atoms with E-state index in [0.29, 0.717) is 23.3 Å². The summed E-state index contributed by atoms with van der Waals surface area (Å²) in [7, 11) is 1.45. The van der Waals surface area contributed by atoms with Gasteiger partial charge in [-0.15, -0.1) is 11.6 Å². The second-order valence-corrected chi connectivity index (χ2v) is 7.27. The van der Waals surface area contributed by atoms with Crippen molar-refractivity contribution in [2.75, 3.05) is 6.61 Å². The number of allylic oxidation sites excluding steroid dienone is 3. The zero-order chi connectivity index (χ0) is 21.3. The summed E-state index contributed by atoms with van der Waals surface area (Å²) in [5.74, 6) is -0.393. The molecule has 2 unspecified atom stereocenters. The normalized spacial score (nSPS) is 19.7. The smallest absolute Gasteiger partial charge is 0.419 e. The van der Waals surface area contributed by atoms with Crippen molar-refractivity contribution in [1.29, 1.82) is 0 Å². The predicted octanol–water partition coefficient (Wildman–Crippen LogP) is 3.66. The number of tetrazole rings is 1. The molecule has 2 atom stereocenters. The van der Waals surface area contributed by atoms with E-state index in [0.717, 1.165) is 15.4 Å². The summed E-state index contributed by atoms with van der Waals surface area (Å²) in [5, 5.41) is 6.89. The van der Waals surface area contributed by atoms with Crippen LogP contribution in [0.25, 0.3) is 5.70 Å². The third kappa shape index (κ3) is 4.24. The van der Waals surface area contributed by atoms with E-state index in [1.165, 1.54) is 13.1 Å². The Morgan fingerprint density at radius 2 is 2.00 bits per heavy atom. The van der Waals surface area contributed by atoms with Crippen molar-refractivity contribution in [2.24, 2.45) is 13.0 Å². The summed E-state index contributed by atoms with van der Waals surface area (Å²) < 4.78 is 48.1. The lowest BCUT2D eigenvalue weighted by Gasteiger charge is -2.25. The van der Waals surface area contributed by atoms with E-state index in [-0.39, 0.29) is 18.3 Å². The van der Waals surface area contributed by atoms with E-state index in [9.17, 15) is 18.0 Å². The van der Waals surface area contributed by atoms with Gasteiger partial charge in [0.25, 0.3) is 0 Å². The molecule has 1 aliphatic rings. The van der Waals surface area contributed by atoms with Crippen LogP contribution in [0.4, 0.5) is 13.2 Å². The number of hydrogen-bond acceptors (Lipinski definition) is 4. The predicted molar refractivity (Wildman–Crippen MR) is 103 cm³/mol. The average Bonchev–Trinajstić information content (AvgIpc) is 3.01. The molecule has 1 aromatic heterocycles. The van der Waals surface area contributed by atoms with Crippen LogP contribution in [0.3, 0.4) is 0 Å². The monoisotopic (exact) mass is 428 g/mol. The molecule has 6 nitrogen and oxygen atoms in total.